The molecule has 0 bridgehead atoms. The third-order valence-corrected chi connectivity index (χ3v) is 10.9. The van der Waals surface area contributed by atoms with Gasteiger partial charge in [-0.25, -0.2) is 10.9 Å². The number of nitrogens with one attached hydrogen (secondary N) is 7. The summed E-state index contributed by atoms with van der Waals surface area (Å²) in [4.78, 5) is 57.1. The summed E-state index contributed by atoms with van der Waals surface area (Å²) in [6, 6.07) is 26.1. The van der Waals surface area contributed by atoms with Gasteiger partial charge in [-0.3, -0.25) is 19.2 Å². The summed E-state index contributed by atoms with van der Waals surface area (Å²) in [7, 11) is 0. The molecule has 5 heterocycles. The van der Waals surface area contributed by atoms with Gasteiger partial charge < -0.3 is 36.1 Å². The zero-order valence-corrected chi connectivity index (χ0v) is 32.2. The Labute approximate surface area is 343 Å². The van der Waals surface area contributed by atoms with Crippen LogP contribution in [0, 0.1) is 5.92 Å². The van der Waals surface area contributed by atoms with E-state index < -0.39 is 18.2 Å². The van der Waals surface area contributed by atoms with Gasteiger partial charge in [-0.2, -0.15) is 10.2 Å². The number of rotatable bonds is 6. The number of hydrogen-bond donors (Lipinski definition) is 9. The van der Waals surface area contributed by atoms with Crippen LogP contribution in [0.15, 0.2) is 95.1 Å². The van der Waals surface area contributed by atoms with Gasteiger partial charge >= 0.3 is 0 Å². The van der Waals surface area contributed by atoms with E-state index in [9.17, 15) is 29.4 Å². The Balaban J connectivity index is 0.000000161. The summed E-state index contributed by atoms with van der Waals surface area (Å²) in [5.41, 5.74) is 13.8. The molecule has 4 amide bonds. The fourth-order valence-corrected chi connectivity index (χ4v) is 8.16. The molecule has 16 heteroatoms. The number of benzene rings is 4. The summed E-state index contributed by atoms with van der Waals surface area (Å²) < 4.78 is 0. The molecule has 0 spiro atoms. The molecule has 6 aromatic rings. The number of aliphatic hydroxyl groups is 2. The topological polar surface area (TPSA) is 225 Å². The minimum atomic E-state index is -0.528. The van der Waals surface area contributed by atoms with Gasteiger partial charge in [-0.15, -0.1) is 12.4 Å². The molecule has 9 N–H and O–H groups in total. The van der Waals surface area contributed by atoms with Crippen molar-refractivity contribution in [3.63, 3.8) is 0 Å². The van der Waals surface area contributed by atoms with E-state index in [2.05, 4.69) is 47.0 Å². The van der Waals surface area contributed by atoms with E-state index in [0.717, 1.165) is 55.4 Å². The Morgan fingerprint density at radius 2 is 1.15 bits per heavy atom. The highest BCUT2D eigenvalue weighted by Crippen LogP contribution is 2.36. The number of H-pyrrole nitrogens is 2. The smallest absolute Gasteiger partial charge is 0.272 e. The van der Waals surface area contributed by atoms with Crippen molar-refractivity contribution in [2.75, 3.05) is 17.2 Å². The zero-order valence-electron chi connectivity index (χ0n) is 31.4. The van der Waals surface area contributed by atoms with Crippen molar-refractivity contribution in [3.05, 3.63) is 107 Å². The van der Waals surface area contributed by atoms with Crippen molar-refractivity contribution in [1.29, 1.82) is 0 Å². The molecule has 3 aliphatic heterocycles. The molecule has 1 aliphatic carbocycles. The molecule has 1 saturated heterocycles. The van der Waals surface area contributed by atoms with E-state index in [1.54, 1.807) is 24.6 Å². The highest BCUT2D eigenvalue weighted by molar-refractivity contribution is 6.19. The average molecular weight is 814 g/mol. The molecule has 4 aliphatic rings. The first-order chi connectivity index (χ1) is 28.2. The summed E-state index contributed by atoms with van der Waals surface area (Å²) in [6.45, 7) is 0.391. The lowest BCUT2D eigenvalue weighted by Crippen LogP contribution is -2.35. The number of aromatic nitrogens is 2. The van der Waals surface area contributed by atoms with Gasteiger partial charge in [0.15, 0.2) is 0 Å². The molecule has 300 valence electrons. The van der Waals surface area contributed by atoms with Gasteiger partial charge in [0.1, 0.15) is 0 Å². The minimum Gasteiger partial charge on any atom is -0.393 e. The predicted octanol–water partition coefficient (Wildman–Crippen LogP) is 5.01. The molecule has 2 aromatic heterocycles. The van der Waals surface area contributed by atoms with Crippen LogP contribution in [0.25, 0.3) is 44.3 Å². The molecule has 4 aromatic carbocycles. The predicted molar refractivity (Wildman–Crippen MR) is 228 cm³/mol. The van der Waals surface area contributed by atoms with Crippen LogP contribution in [-0.2, 0) is 9.59 Å². The molecule has 1 saturated carbocycles. The Kier molecular flexibility index (Phi) is 10.8. The van der Waals surface area contributed by atoms with Crippen molar-refractivity contribution in [1.82, 2.24) is 26.1 Å². The molecule has 4 atom stereocenters. The molecular weight excluding hydrogens is 774 g/mol. The number of nitrogens with zero attached hydrogens (tertiary/aromatic N) is 2. The van der Waals surface area contributed by atoms with Gasteiger partial charge in [0, 0.05) is 56.8 Å². The molecule has 0 unspecified atom stereocenters. The lowest BCUT2D eigenvalue weighted by molar-refractivity contribution is -0.120. The second-order valence-electron chi connectivity index (χ2n) is 14.8. The number of carbonyl (C=O) groups is 4. The lowest BCUT2D eigenvalue weighted by Gasteiger charge is -2.12. The third kappa shape index (κ3) is 7.71. The lowest BCUT2D eigenvalue weighted by atomic mass is 10.0. The number of hydrazone groups is 2. The maximum Gasteiger partial charge on any atom is 0.272 e. The largest absolute Gasteiger partial charge is 0.393 e. The third-order valence-electron chi connectivity index (χ3n) is 10.9. The Hall–Kier alpha value is -6.65. The normalized spacial score (nSPS) is 20.2. The van der Waals surface area contributed by atoms with Crippen molar-refractivity contribution in [2.45, 2.75) is 43.9 Å². The van der Waals surface area contributed by atoms with Crippen LogP contribution in [0.1, 0.15) is 57.5 Å². The van der Waals surface area contributed by atoms with Crippen LogP contribution in [0.5, 0.6) is 0 Å². The van der Waals surface area contributed by atoms with Crippen LogP contribution in [0.3, 0.4) is 0 Å². The zero-order chi connectivity index (χ0) is 39.9. The maximum atomic E-state index is 12.6. The van der Waals surface area contributed by atoms with Crippen LogP contribution in [0.4, 0.5) is 11.4 Å². The van der Waals surface area contributed by atoms with Gasteiger partial charge in [0.2, 0.25) is 11.8 Å². The molecule has 10 rings (SSSR count). The second-order valence-corrected chi connectivity index (χ2v) is 14.8. The summed E-state index contributed by atoms with van der Waals surface area (Å²) in [5.74, 6) is -1.25. The van der Waals surface area contributed by atoms with Crippen molar-refractivity contribution < 1.29 is 29.4 Å². The van der Waals surface area contributed by atoms with Crippen LogP contribution >= 0.6 is 12.4 Å². The number of aromatic amines is 2. The van der Waals surface area contributed by atoms with Gasteiger partial charge in [-0.05, 0) is 61.1 Å². The van der Waals surface area contributed by atoms with Crippen molar-refractivity contribution >= 4 is 81.6 Å². The molecule has 59 heavy (non-hydrogen) atoms. The van der Waals surface area contributed by atoms with E-state index in [1.165, 1.54) is 0 Å². The number of anilines is 2. The van der Waals surface area contributed by atoms with Gasteiger partial charge in [-0.1, -0.05) is 60.7 Å². The number of amides is 4. The average Bonchev–Trinajstić information content (AvgIpc) is 3.99. The van der Waals surface area contributed by atoms with E-state index in [0.29, 0.717) is 54.7 Å². The Bertz CT molecular complexity index is 2490. The van der Waals surface area contributed by atoms with Crippen molar-refractivity contribution in [3.8, 4) is 22.5 Å². The number of aliphatic hydroxyl groups excluding tert-OH is 2. The summed E-state index contributed by atoms with van der Waals surface area (Å²) in [6.07, 6.45) is 4.48. The number of halogens is 1. The molecule has 0 radical (unpaired) electrons. The first-order valence-corrected chi connectivity index (χ1v) is 19.1. The summed E-state index contributed by atoms with van der Waals surface area (Å²) >= 11 is 0. The second kappa shape index (κ2) is 16.3. The van der Waals surface area contributed by atoms with Gasteiger partial charge in [0.25, 0.3) is 11.8 Å². The van der Waals surface area contributed by atoms with Gasteiger partial charge in [0.05, 0.1) is 53.2 Å². The first kappa shape index (κ1) is 39.2. The van der Waals surface area contributed by atoms with Crippen molar-refractivity contribution in [2.24, 2.45) is 16.1 Å². The van der Waals surface area contributed by atoms with E-state index in [-0.39, 0.29) is 42.0 Å². The minimum absolute atomic E-state index is 0. The molecular formula is C43H40ClN9O6. The van der Waals surface area contributed by atoms with E-state index in [4.69, 9.17) is 0 Å². The number of carbonyl (C=O) groups excluding carboxylic acids is 4. The fraction of sp³-hybridized carbons (Fsp3) is 0.209. The summed E-state index contributed by atoms with van der Waals surface area (Å²) in [5, 5.41) is 37.7. The SMILES string of the molecule is Cl.O=C1NN=Cc2c(-c3ccccc3)[nH]c3cc(NC(=O)[C@@H]4C[C@@H](O)CN4)cc1c23.O=C1NN=Cc2c(-c3ccccc3)[nH]c3cc(NC(=O)[C@H]4CC[C@H](O)C4)cc1c23. The Morgan fingerprint density at radius 3 is 1.61 bits per heavy atom. The van der Waals surface area contributed by atoms with E-state index in [1.807, 2.05) is 72.8 Å². The van der Waals surface area contributed by atoms with E-state index >= 15 is 0 Å². The molecule has 2 fully saturated rings. The maximum absolute atomic E-state index is 12.6. The van der Waals surface area contributed by atoms with Crippen LogP contribution in [-0.4, -0.2) is 81.0 Å². The number of β-amino-alcohol motifs (C(OH)–C–C–N with tert-alkyl or cyclic N) is 1. The fourth-order valence-electron chi connectivity index (χ4n) is 8.16. The number of hydrogen-bond acceptors (Lipinski definition) is 9. The quantitative estimate of drug-likeness (QED) is 0.112. The Morgan fingerprint density at radius 1 is 0.644 bits per heavy atom. The van der Waals surface area contributed by atoms with Crippen LogP contribution < -0.4 is 26.8 Å². The highest BCUT2D eigenvalue weighted by Gasteiger charge is 2.31. The van der Waals surface area contributed by atoms with Crippen LogP contribution in [0.2, 0.25) is 0 Å². The monoisotopic (exact) mass is 813 g/mol. The first-order valence-electron chi connectivity index (χ1n) is 19.1. The molecule has 15 nitrogen and oxygen atoms in total. The standard InChI is InChI=1S/C22H20N4O3.C21H19N5O3.ClH/c27-15-7-6-13(8-15)21(28)24-14-9-16-19-17(11-23-26-22(16)29)20(25-18(19)10-14)12-4-2-1-3-5-12;27-13-8-17(22-9-13)21(29)24-12-6-14-18-15(10-23-26-20(14)28)19(25-16(18)7-12)11-4-2-1-3-5-11;/h1-5,9-11,13,15,25,27H,6-8H2,(H,24,28)(H,26,29);1-7,10,13,17,22,25,27H,8-9H2,(H,24,29)(H,26,28);1H/t13-,15-;13-,17+;/m01./s1. The highest BCUT2D eigenvalue weighted by atomic mass is 35.5.